The van der Waals surface area contributed by atoms with E-state index in [0.717, 1.165) is 32.0 Å². The van der Waals surface area contributed by atoms with E-state index in [1.807, 2.05) is 6.92 Å². The second kappa shape index (κ2) is 2.46. The summed E-state index contributed by atoms with van der Waals surface area (Å²) in [5.74, 6) is 0. The number of aliphatic hydroxyl groups is 1. The summed E-state index contributed by atoms with van der Waals surface area (Å²) in [5.41, 5.74) is -0.370. The van der Waals surface area contributed by atoms with Crippen molar-refractivity contribution in [2.45, 2.75) is 44.2 Å². The molecule has 0 spiro atoms. The van der Waals surface area contributed by atoms with E-state index in [-0.39, 0.29) is 5.60 Å². The molecule has 2 aliphatic rings. The quantitative estimate of drug-likeness (QED) is 0.610. The zero-order valence-corrected chi connectivity index (χ0v) is 7.21. The van der Waals surface area contributed by atoms with Gasteiger partial charge in [-0.25, -0.2) is 0 Å². The summed E-state index contributed by atoms with van der Waals surface area (Å²) in [6, 6.07) is 0.881. The Labute approximate surface area is 68.2 Å². The van der Waals surface area contributed by atoms with Crippen LogP contribution in [-0.4, -0.2) is 34.7 Å². The molecule has 0 amide bonds. The first-order valence-electron chi connectivity index (χ1n) is 4.64. The summed E-state index contributed by atoms with van der Waals surface area (Å²) in [7, 11) is 0. The first-order chi connectivity index (χ1) is 5.17. The van der Waals surface area contributed by atoms with Crippen LogP contribution in [0.15, 0.2) is 0 Å². The van der Waals surface area contributed by atoms with Gasteiger partial charge in [-0.3, -0.25) is 0 Å². The van der Waals surface area contributed by atoms with E-state index in [4.69, 9.17) is 0 Å². The molecule has 1 aliphatic heterocycles. The van der Waals surface area contributed by atoms with E-state index < -0.39 is 0 Å². The lowest BCUT2D eigenvalue weighted by Gasteiger charge is -2.35. The highest BCUT2D eigenvalue weighted by atomic mass is 16.3. The first-order valence-corrected chi connectivity index (χ1v) is 4.64. The Balaban J connectivity index is 1.84. The van der Waals surface area contributed by atoms with Crippen molar-refractivity contribution >= 4 is 0 Å². The van der Waals surface area contributed by atoms with E-state index >= 15 is 0 Å². The van der Waals surface area contributed by atoms with Crippen molar-refractivity contribution in [3.8, 4) is 0 Å². The van der Waals surface area contributed by atoms with Gasteiger partial charge in [-0.1, -0.05) is 0 Å². The van der Waals surface area contributed by atoms with Crippen molar-refractivity contribution in [2.75, 3.05) is 13.1 Å². The molecule has 2 nitrogen and oxygen atoms in total. The van der Waals surface area contributed by atoms with Crippen molar-refractivity contribution in [3.05, 3.63) is 0 Å². The molecule has 1 heterocycles. The molecule has 0 atom stereocenters. The van der Waals surface area contributed by atoms with Gasteiger partial charge in [0.15, 0.2) is 0 Å². The number of likely N-dealkylation sites (tertiary alicyclic amines) is 1. The summed E-state index contributed by atoms with van der Waals surface area (Å²) in [6.07, 6.45) is 4.71. The highest BCUT2D eigenvalue weighted by Crippen LogP contribution is 2.31. The van der Waals surface area contributed by atoms with Crippen LogP contribution >= 0.6 is 0 Å². The SMILES string of the molecule is CC1(O)CCN(C2CC2)CC1. The second-order valence-electron chi connectivity index (χ2n) is 4.26. The third kappa shape index (κ3) is 1.74. The lowest BCUT2D eigenvalue weighted by Crippen LogP contribution is -2.43. The van der Waals surface area contributed by atoms with Gasteiger partial charge in [-0.2, -0.15) is 0 Å². The number of hydrogen-bond acceptors (Lipinski definition) is 2. The average molecular weight is 155 g/mol. The fourth-order valence-electron chi connectivity index (χ4n) is 1.81. The maximum Gasteiger partial charge on any atom is 0.0644 e. The molecule has 2 heteroatoms. The monoisotopic (exact) mass is 155 g/mol. The zero-order chi connectivity index (χ0) is 7.90. The normalized spacial score (nSPS) is 32.2. The van der Waals surface area contributed by atoms with Crippen LogP contribution in [0.25, 0.3) is 0 Å². The fourth-order valence-corrected chi connectivity index (χ4v) is 1.81. The molecule has 64 valence electrons. The average Bonchev–Trinajstić information content (AvgIpc) is 2.70. The van der Waals surface area contributed by atoms with Crippen LogP contribution in [0.5, 0.6) is 0 Å². The number of nitrogens with zero attached hydrogens (tertiary/aromatic N) is 1. The number of hydrogen-bond donors (Lipinski definition) is 1. The molecular weight excluding hydrogens is 138 g/mol. The summed E-state index contributed by atoms with van der Waals surface area (Å²) >= 11 is 0. The Kier molecular flexibility index (Phi) is 1.69. The van der Waals surface area contributed by atoms with Gasteiger partial charge in [0.05, 0.1) is 5.60 Å². The third-order valence-corrected chi connectivity index (χ3v) is 2.94. The minimum Gasteiger partial charge on any atom is -0.390 e. The molecule has 1 aliphatic carbocycles. The van der Waals surface area contributed by atoms with Crippen LogP contribution in [0.4, 0.5) is 0 Å². The predicted octanol–water partition coefficient (Wildman–Crippen LogP) is 0.996. The third-order valence-electron chi connectivity index (χ3n) is 2.94. The van der Waals surface area contributed by atoms with Crippen LogP contribution in [0.2, 0.25) is 0 Å². The predicted molar refractivity (Wildman–Crippen MR) is 44.5 cm³/mol. The Hall–Kier alpha value is -0.0800. The number of piperidine rings is 1. The van der Waals surface area contributed by atoms with Gasteiger partial charge in [0.1, 0.15) is 0 Å². The molecule has 0 bridgehead atoms. The molecule has 0 aromatic heterocycles. The standard InChI is InChI=1S/C9H17NO/c1-9(11)4-6-10(7-5-9)8-2-3-8/h8,11H,2-7H2,1H3. The molecule has 0 aromatic carbocycles. The van der Waals surface area contributed by atoms with Gasteiger partial charge in [0.25, 0.3) is 0 Å². The molecule has 1 N–H and O–H groups in total. The topological polar surface area (TPSA) is 23.5 Å². The fraction of sp³-hybridized carbons (Fsp3) is 1.00. The first kappa shape index (κ1) is 7.56. The van der Waals surface area contributed by atoms with E-state index in [9.17, 15) is 5.11 Å². The molecular formula is C9H17NO. The van der Waals surface area contributed by atoms with Gasteiger partial charge < -0.3 is 10.0 Å². The van der Waals surface area contributed by atoms with E-state index in [1.54, 1.807) is 0 Å². The van der Waals surface area contributed by atoms with Crippen LogP contribution < -0.4 is 0 Å². The van der Waals surface area contributed by atoms with E-state index in [0.29, 0.717) is 0 Å². The van der Waals surface area contributed by atoms with E-state index in [2.05, 4.69) is 4.90 Å². The van der Waals surface area contributed by atoms with Crippen LogP contribution in [-0.2, 0) is 0 Å². The minimum atomic E-state index is -0.370. The highest BCUT2D eigenvalue weighted by Gasteiger charge is 2.34. The van der Waals surface area contributed by atoms with E-state index in [1.165, 1.54) is 12.8 Å². The maximum atomic E-state index is 9.67. The lowest BCUT2D eigenvalue weighted by atomic mass is 9.94. The minimum absolute atomic E-state index is 0.370. The van der Waals surface area contributed by atoms with Crippen molar-refractivity contribution in [1.82, 2.24) is 4.90 Å². The molecule has 0 aromatic rings. The molecule has 0 unspecified atom stereocenters. The molecule has 11 heavy (non-hydrogen) atoms. The summed E-state index contributed by atoms with van der Waals surface area (Å²) in [4.78, 5) is 2.53. The maximum absolute atomic E-state index is 9.67. The molecule has 1 saturated heterocycles. The summed E-state index contributed by atoms with van der Waals surface area (Å²) in [5, 5.41) is 9.67. The van der Waals surface area contributed by atoms with Crippen LogP contribution in [0.3, 0.4) is 0 Å². The highest BCUT2D eigenvalue weighted by molar-refractivity contribution is 4.90. The smallest absolute Gasteiger partial charge is 0.0644 e. The lowest BCUT2D eigenvalue weighted by molar-refractivity contribution is -0.00728. The summed E-state index contributed by atoms with van der Waals surface area (Å²) < 4.78 is 0. The Morgan fingerprint density at radius 1 is 1.27 bits per heavy atom. The van der Waals surface area contributed by atoms with Crippen molar-refractivity contribution in [1.29, 1.82) is 0 Å². The summed E-state index contributed by atoms with van der Waals surface area (Å²) in [6.45, 7) is 4.17. The Bertz CT molecular complexity index is 142. The molecule has 1 saturated carbocycles. The molecule has 2 rings (SSSR count). The van der Waals surface area contributed by atoms with Gasteiger partial charge >= 0.3 is 0 Å². The largest absolute Gasteiger partial charge is 0.390 e. The number of rotatable bonds is 1. The van der Waals surface area contributed by atoms with Gasteiger partial charge in [-0.05, 0) is 32.6 Å². The molecule has 2 fully saturated rings. The van der Waals surface area contributed by atoms with Crippen LogP contribution in [0, 0.1) is 0 Å². The Morgan fingerprint density at radius 3 is 2.27 bits per heavy atom. The molecule has 0 radical (unpaired) electrons. The van der Waals surface area contributed by atoms with Crippen molar-refractivity contribution in [2.24, 2.45) is 0 Å². The van der Waals surface area contributed by atoms with Crippen molar-refractivity contribution < 1.29 is 5.11 Å². The van der Waals surface area contributed by atoms with Gasteiger partial charge in [-0.15, -0.1) is 0 Å². The second-order valence-corrected chi connectivity index (χ2v) is 4.26. The zero-order valence-electron chi connectivity index (χ0n) is 7.21. The van der Waals surface area contributed by atoms with Crippen molar-refractivity contribution in [3.63, 3.8) is 0 Å². The van der Waals surface area contributed by atoms with Gasteiger partial charge in [0.2, 0.25) is 0 Å². The van der Waals surface area contributed by atoms with Gasteiger partial charge in [0, 0.05) is 19.1 Å². The Morgan fingerprint density at radius 2 is 1.82 bits per heavy atom. The van der Waals surface area contributed by atoms with Crippen LogP contribution in [0.1, 0.15) is 32.6 Å².